The first-order valence-corrected chi connectivity index (χ1v) is 7.02. The van der Waals surface area contributed by atoms with E-state index in [1.165, 1.54) is 0 Å². The molecule has 0 amide bonds. The summed E-state index contributed by atoms with van der Waals surface area (Å²) in [5.74, 6) is 1.50. The Kier molecular flexibility index (Phi) is 5.65. The normalized spacial score (nSPS) is 20.5. The van der Waals surface area contributed by atoms with E-state index in [1.807, 2.05) is 25.1 Å². The number of hydrogen-bond donors (Lipinski definition) is 2. The zero-order valence-electron chi connectivity index (χ0n) is 12.6. The van der Waals surface area contributed by atoms with Crippen LogP contribution in [-0.2, 0) is 4.74 Å². The number of nitrogens with one attached hydrogen (secondary N) is 2. The Hall–Kier alpha value is -1.76. The van der Waals surface area contributed by atoms with Gasteiger partial charge in [-0.15, -0.1) is 12.4 Å². The number of methoxy groups -OCH3 is 1. The van der Waals surface area contributed by atoms with Gasteiger partial charge in [0.05, 0.1) is 12.1 Å². The predicted molar refractivity (Wildman–Crippen MR) is 88.3 cm³/mol. The summed E-state index contributed by atoms with van der Waals surface area (Å²) < 4.78 is 5.46. The number of anilines is 1. The van der Waals surface area contributed by atoms with Gasteiger partial charge in [0.15, 0.2) is 5.82 Å². The highest BCUT2D eigenvalue weighted by molar-refractivity contribution is 5.85. The van der Waals surface area contributed by atoms with Crippen molar-refractivity contribution >= 4 is 18.2 Å². The minimum Gasteiger partial charge on any atom is -0.378 e. The molecule has 1 aliphatic heterocycles. The van der Waals surface area contributed by atoms with Crippen molar-refractivity contribution in [2.75, 3.05) is 25.5 Å². The molecule has 1 saturated heterocycles. The van der Waals surface area contributed by atoms with E-state index in [4.69, 9.17) is 4.74 Å². The first kappa shape index (κ1) is 16.6. The second kappa shape index (κ2) is 7.49. The van der Waals surface area contributed by atoms with Gasteiger partial charge in [-0.1, -0.05) is 0 Å². The maximum absolute atomic E-state index is 5.46. The molecule has 1 aliphatic rings. The molecule has 6 nitrogen and oxygen atoms in total. The Bertz CT molecular complexity index is 610. The average molecular weight is 322 g/mol. The van der Waals surface area contributed by atoms with Crippen LogP contribution in [0.2, 0.25) is 0 Å². The maximum Gasteiger partial charge on any atom is 0.163 e. The van der Waals surface area contributed by atoms with Crippen LogP contribution in [-0.4, -0.2) is 47.3 Å². The van der Waals surface area contributed by atoms with Crippen molar-refractivity contribution in [2.45, 2.75) is 19.1 Å². The molecule has 2 aromatic heterocycles. The number of aryl methyl sites for hydroxylation is 1. The number of pyridine rings is 1. The van der Waals surface area contributed by atoms with Crippen LogP contribution in [0.1, 0.15) is 5.69 Å². The van der Waals surface area contributed by atoms with Gasteiger partial charge in [-0.3, -0.25) is 4.98 Å². The molecule has 0 unspecified atom stereocenters. The van der Waals surface area contributed by atoms with Crippen molar-refractivity contribution in [2.24, 2.45) is 0 Å². The molecule has 1 fully saturated rings. The molecule has 3 heterocycles. The minimum absolute atomic E-state index is 0. The van der Waals surface area contributed by atoms with E-state index in [-0.39, 0.29) is 24.6 Å². The van der Waals surface area contributed by atoms with Gasteiger partial charge in [0.2, 0.25) is 0 Å². The SMILES string of the molecule is CO[C@H]1CNC[C@@H]1Nc1cc(C)nc(-c2cccnc2)n1.Cl. The Morgan fingerprint density at radius 3 is 2.91 bits per heavy atom. The van der Waals surface area contributed by atoms with Gasteiger partial charge in [0, 0.05) is 49.9 Å². The molecule has 0 aliphatic carbocycles. The van der Waals surface area contributed by atoms with Crippen LogP contribution in [0.15, 0.2) is 30.6 Å². The molecule has 7 heteroatoms. The highest BCUT2D eigenvalue weighted by atomic mass is 35.5. The summed E-state index contributed by atoms with van der Waals surface area (Å²) in [6, 6.07) is 6.01. The third kappa shape index (κ3) is 3.71. The Labute approximate surface area is 136 Å². The van der Waals surface area contributed by atoms with E-state index >= 15 is 0 Å². The van der Waals surface area contributed by atoms with Crippen molar-refractivity contribution in [3.05, 3.63) is 36.3 Å². The largest absolute Gasteiger partial charge is 0.378 e. The van der Waals surface area contributed by atoms with E-state index in [0.29, 0.717) is 5.82 Å². The molecule has 3 rings (SSSR count). The number of hydrogen-bond acceptors (Lipinski definition) is 6. The van der Waals surface area contributed by atoms with Crippen molar-refractivity contribution in [3.8, 4) is 11.4 Å². The number of halogens is 1. The van der Waals surface area contributed by atoms with Crippen LogP contribution in [0, 0.1) is 6.92 Å². The monoisotopic (exact) mass is 321 g/mol. The van der Waals surface area contributed by atoms with Crippen LogP contribution in [0.4, 0.5) is 5.82 Å². The molecule has 2 atom stereocenters. The summed E-state index contributed by atoms with van der Waals surface area (Å²) in [5, 5.41) is 6.75. The van der Waals surface area contributed by atoms with E-state index in [1.54, 1.807) is 19.5 Å². The molecular formula is C15H20ClN5O. The van der Waals surface area contributed by atoms with E-state index in [9.17, 15) is 0 Å². The average Bonchev–Trinajstić information content (AvgIpc) is 2.95. The van der Waals surface area contributed by atoms with Crippen LogP contribution in [0.5, 0.6) is 0 Å². The van der Waals surface area contributed by atoms with Gasteiger partial charge in [0.25, 0.3) is 0 Å². The molecule has 22 heavy (non-hydrogen) atoms. The second-order valence-corrected chi connectivity index (χ2v) is 5.14. The van der Waals surface area contributed by atoms with Crippen molar-refractivity contribution in [3.63, 3.8) is 0 Å². The number of aromatic nitrogens is 3. The third-order valence-corrected chi connectivity index (χ3v) is 3.57. The Morgan fingerprint density at radius 1 is 1.32 bits per heavy atom. The minimum atomic E-state index is 0. The first-order valence-electron chi connectivity index (χ1n) is 7.02. The van der Waals surface area contributed by atoms with Gasteiger partial charge in [0.1, 0.15) is 5.82 Å². The van der Waals surface area contributed by atoms with Crippen LogP contribution < -0.4 is 10.6 Å². The zero-order valence-corrected chi connectivity index (χ0v) is 13.4. The molecule has 0 aromatic carbocycles. The van der Waals surface area contributed by atoms with Crippen molar-refractivity contribution < 1.29 is 4.74 Å². The van der Waals surface area contributed by atoms with E-state index in [2.05, 4.69) is 25.6 Å². The van der Waals surface area contributed by atoms with Gasteiger partial charge in [-0.05, 0) is 19.1 Å². The summed E-state index contributed by atoms with van der Waals surface area (Å²) in [4.78, 5) is 13.2. The van der Waals surface area contributed by atoms with Crippen molar-refractivity contribution in [1.82, 2.24) is 20.3 Å². The second-order valence-electron chi connectivity index (χ2n) is 5.14. The molecule has 2 N–H and O–H groups in total. The quantitative estimate of drug-likeness (QED) is 0.892. The van der Waals surface area contributed by atoms with Crippen molar-refractivity contribution in [1.29, 1.82) is 0 Å². The first-order chi connectivity index (χ1) is 10.3. The van der Waals surface area contributed by atoms with Gasteiger partial charge < -0.3 is 15.4 Å². The molecule has 0 saturated carbocycles. The highest BCUT2D eigenvalue weighted by Gasteiger charge is 2.27. The van der Waals surface area contributed by atoms with Crippen LogP contribution >= 0.6 is 12.4 Å². The van der Waals surface area contributed by atoms with E-state index < -0.39 is 0 Å². The molecule has 2 aromatic rings. The molecular weight excluding hydrogens is 302 g/mol. The lowest BCUT2D eigenvalue weighted by atomic mass is 10.2. The fourth-order valence-corrected chi connectivity index (χ4v) is 2.50. The lowest BCUT2D eigenvalue weighted by Crippen LogP contribution is -2.33. The standard InChI is InChI=1S/C15H19N5O.ClH/c1-10-6-14(19-12-8-17-9-13(12)21-2)20-15(18-10)11-4-3-5-16-7-11;/h3-7,12-13,17H,8-9H2,1-2H3,(H,18,19,20);1H/t12-,13-;/m0./s1. The lowest BCUT2D eigenvalue weighted by molar-refractivity contribution is 0.111. The summed E-state index contributed by atoms with van der Waals surface area (Å²) in [6.45, 7) is 3.69. The smallest absolute Gasteiger partial charge is 0.163 e. The summed E-state index contributed by atoms with van der Waals surface area (Å²) in [6.07, 6.45) is 3.67. The van der Waals surface area contributed by atoms with E-state index in [0.717, 1.165) is 30.2 Å². The summed E-state index contributed by atoms with van der Waals surface area (Å²) in [5.41, 5.74) is 1.84. The zero-order chi connectivity index (χ0) is 14.7. The summed E-state index contributed by atoms with van der Waals surface area (Å²) in [7, 11) is 1.73. The molecule has 0 bridgehead atoms. The number of ether oxygens (including phenoxy) is 1. The number of nitrogens with zero attached hydrogens (tertiary/aromatic N) is 3. The Morgan fingerprint density at radius 2 is 2.18 bits per heavy atom. The third-order valence-electron chi connectivity index (χ3n) is 3.57. The predicted octanol–water partition coefficient (Wildman–Crippen LogP) is 1.67. The number of rotatable bonds is 4. The topological polar surface area (TPSA) is 72.0 Å². The molecule has 118 valence electrons. The molecule has 0 radical (unpaired) electrons. The fourth-order valence-electron chi connectivity index (χ4n) is 2.50. The van der Waals surface area contributed by atoms with Crippen LogP contribution in [0.3, 0.4) is 0 Å². The van der Waals surface area contributed by atoms with Gasteiger partial charge in [-0.25, -0.2) is 9.97 Å². The Balaban J connectivity index is 0.00000176. The molecule has 0 spiro atoms. The summed E-state index contributed by atoms with van der Waals surface area (Å²) >= 11 is 0. The van der Waals surface area contributed by atoms with Crippen LogP contribution in [0.25, 0.3) is 11.4 Å². The van der Waals surface area contributed by atoms with Gasteiger partial charge in [-0.2, -0.15) is 0 Å². The highest BCUT2D eigenvalue weighted by Crippen LogP contribution is 2.18. The lowest BCUT2D eigenvalue weighted by Gasteiger charge is -2.19. The maximum atomic E-state index is 5.46. The van der Waals surface area contributed by atoms with Gasteiger partial charge >= 0.3 is 0 Å². The fraction of sp³-hybridized carbons (Fsp3) is 0.400.